The van der Waals surface area contributed by atoms with Crippen molar-refractivity contribution in [3.8, 4) is 0 Å². The maximum Gasteiger partial charge on any atom is 0.251 e. The van der Waals surface area contributed by atoms with Gasteiger partial charge in [0.2, 0.25) is 5.95 Å². The van der Waals surface area contributed by atoms with E-state index < -0.39 is 5.82 Å². The average Bonchev–Trinajstić information content (AvgIpc) is 2.61. The second-order valence-electron chi connectivity index (χ2n) is 5.85. The molecule has 0 unspecified atom stereocenters. The van der Waals surface area contributed by atoms with Gasteiger partial charge in [-0.1, -0.05) is 11.6 Å². The number of piperidine rings is 1. The van der Waals surface area contributed by atoms with Crippen molar-refractivity contribution in [1.82, 2.24) is 15.3 Å². The number of anilines is 1. The van der Waals surface area contributed by atoms with Crippen LogP contribution in [0.3, 0.4) is 0 Å². The van der Waals surface area contributed by atoms with Crippen molar-refractivity contribution in [2.75, 3.05) is 24.5 Å². The Kier molecular flexibility index (Phi) is 5.25. The molecule has 1 saturated heterocycles. The summed E-state index contributed by atoms with van der Waals surface area (Å²) in [6.45, 7) is 2.24. The minimum absolute atomic E-state index is 0.0871. The van der Waals surface area contributed by atoms with E-state index in [4.69, 9.17) is 11.6 Å². The predicted molar refractivity (Wildman–Crippen MR) is 90.7 cm³/mol. The number of nitrogens with one attached hydrogen (secondary N) is 1. The Morgan fingerprint density at radius 1 is 1.21 bits per heavy atom. The van der Waals surface area contributed by atoms with Crippen LogP contribution in [0.25, 0.3) is 0 Å². The standard InChI is InChI=1S/C17H18ClFN4O/c18-14-3-1-13(2-4-14)16(24)20-9-12-5-7-23(8-6-12)17-21-10-15(19)11-22-17/h1-4,10-12H,5-9H2,(H,20,24). The highest BCUT2D eigenvalue weighted by Crippen LogP contribution is 2.20. The van der Waals surface area contributed by atoms with Crippen LogP contribution in [0.2, 0.25) is 5.02 Å². The van der Waals surface area contributed by atoms with E-state index in [1.807, 2.05) is 4.90 Å². The molecule has 24 heavy (non-hydrogen) atoms. The van der Waals surface area contributed by atoms with Gasteiger partial charge in [0, 0.05) is 30.2 Å². The third-order valence-electron chi connectivity index (χ3n) is 4.16. The van der Waals surface area contributed by atoms with Gasteiger partial charge >= 0.3 is 0 Å². The molecular weight excluding hydrogens is 331 g/mol. The molecule has 126 valence electrons. The zero-order chi connectivity index (χ0) is 16.9. The summed E-state index contributed by atoms with van der Waals surface area (Å²) in [4.78, 5) is 22.1. The third-order valence-corrected chi connectivity index (χ3v) is 4.41. The molecule has 0 bridgehead atoms. The molecule has 2 heterocycles. The molecule has 1 N–H and O–H groups in total. The first-order valence-electron chi connectivity index (χ1n) is 7.88. The highest BCUT2D eigenvalue weighted by Gasteiger charge is 2.21. The maximum atomic E-state index is 12.9. The van der Waals surface area contributed by atoms with Crippen molar-refractivity contribution in [1.29, 1.82) is 0 Å². The minimum atomic E-state index is -0.432. The lowest BCUT2D eigenvalue weighted by Crippen LogP contribution is -2.39. The van der Waals surface area contributed by atoms with Gasteiger partial charge in [-0.25, -0.2) is 14.4 Å². The summed E-state index contributed by atoms with van der Waals surface area (Å²) < 4.78 is 12.9. The van der Waals surface area contributed by atoms with E-state index in [2.05, 4.69) is 15.3 Å². The number of rotatable bonds is 4. The van der Waals surface area contributed by atoms with Gasteiger partial charge < -0.3 is 10.2 Å². The van der Waals surface area contributed by atoms with Gasteiger partial charge in [-0.3, -0.25) is 4.79 Å². The number of benzene rings is 1. The first-order chi connectivity index (χ1) is 11.6. The summed E-state index contributed by atoms with van der Waals surface area (Å²) in [5.41, 5.74) is 0.608. The van der Waals surface area contributed by atoms with Crippen LogP contribution < -0.4 is 10.2 Å². The van der Waals surface area contributed by atoms with Crippen molar-refractivity contribution in [2.45, 2.75) is 12.8 Å². The van der Waals surface area contributed by atoms with Crippen LogP contribution in [0.1, 0.15) is 23.2 Å². The first kappa shape index (κ1) is 16.6. The number of amides is 1. The molecule has 0 atom stereocenters. The SMILES string of the molecule is O=C(NCC1CCN(c2ncc(F)cn2)CC1)c1ccc(Cl)cc1. The van der Waals surface area contributed by atoms with Crippen molar-refractivity contribution in [2.24, 2.45) is 5.92 Å². The van der Waals surface area contributed by atoms with Crippen LogP contribution in [-0.4, -0.2) is 35.5 Å². The fraction of sp³-hybridized carbons (Fsp3) is 0.353. The van der Waals surface area contributed by atoms with E-state index >= 15 is 0 Å². The summed E-state index contributed by atoms with van der Waals surface area (Å²) in [5, 5.41) is 3.58. The quantitative estimate of drug-likeness (QED) is 0.923. The topological polar surface area (TPSA) is 58.1 Å². The van der Waals surface area contributed by atoms with E-state index in [-0.39, 0.29) is 5.91 Å². The Morgan fingerprint density at radius 3 is 2.46 bits per heavy atom. The van der Waals surface area contributed by atoms with Crippen LogP contribution in [0.5, 0.6) is 0 Å². The number of hydrogen-bond donors (Lipinski definition) is 1. The minimum Gasteiger partial charge on any atom is -0.352 e. The lowest BCUT2D eigenvalue weighted by Gasteiger charge is -2.31. The van der Waals surface area contributed by atoms with Crippen LogP contribution in [0.15, 0.2) is 36.7 Å². The maximum absolute atomic E-state index is 12.9. The summed E-state index contributed by atoms with van der Waals surface area (Å²) in [6, 6.07) is 6.84. The lowest BCUT2D eigenvalue weighted by atomic mass is 9.97. The number of hydrogen-bond acceptors (Lipinski definition) is 4. The molecule has 1 fully saturated rings. The van der Waals surface area contributed by atoms with Gasteiger partial charge in [0.15, 0.2) is 5.82 Å². The number of carbonyl (C=O) groups excluding carboxylic acids is 1. The third kappa shape index (κ3) is 4.20. The number of halogens is 2. The Balaban J connectivity index is 1.46. The summed E-state index contributed by atoms with van der Waals surface area (Å²) in [6.07, 6.45) is 4.23. The van der Waals surface area contributed by atoms with Crippen LogP contribution in [-0.2, 0) is 0 Å². The average molecular weight is 349 g/mol. The Hall–Kier alpha value is -2.21. The summed E-state index contributed by atoms with van der Waals surface area (Å²) in [7, 11) is 0. The first-order valence-corrected chi connectivity index (χ1v) is 8.26. The summed E-state index contributed by atoms with van der Waals surface area (Å²) in [5.74, 6) is 0.451. The second kappa shape index (κ2) is 7.57. The van der Waals surface area contributed by atoms with Crippen molar-refractivity contribution < 1.29 is 9.18 Å². The number of carbonyl (C=O) groups is 1. The molecule has 1 aliphatic heterocycles. The molecule has 3 rings (SSSR count). The molecule has 0 saturated carbocycles. The molecule has 0 aliphatic carbocycles. The molecule has 1 aliphatic rings. The zero-order valence-corrected chi connectivity index (χ0v) is 13.8. The molecule has 1 aromatic heterocycles. The molecule has 2 aromatic rings. The van der Waals surface area contributed by atoms with Crippen molar-refractivity contribution >= 4 is 23.5 Å². The monoisotopic (exact) mass is 348 g/mol. The fourth-order valence-electron chi connectivity index (χ4n) is 2.75. The van der Waals surface area contributed by atoms with Gasteiger partial charge in [-0.05, 0) is 43.0 Å². The van der Waals surface area contributed by atoms with Crippen molar-refractivity contribution in [3.63, 3.8) is 0 Å². The molecule has 7 heteroatoms. The van der Waals surface area contributed by atoms with E-state index in [9.17, 15) is 9.18 Å². The molecule has 1 amide bonds. The van der Waals surface area contributed by atoms with Gasteiger partial charge in [-0.2, -0.15) is 0 Å². The predicted octanol–water partition coefficient (Wildman–Crippen LogP) is 2.92. The molecular formula is C17H18ClFN4O. The van der Waals surface area contributed by atoms with Gasteiger partial charge in [0.25, 0.3) is 5.91 Å². The van der Waals surface area contributed by atoms with E-state index in [1.54, 1.807) is 24.3 Å². The molecule has 5 nitrogen and oxygen atoms in total. The number of aromatic nitrogens is 2. The van der Waals surface area contributed by atoms with Gasteiger partial charge in [-0.15, -0.1) is 0 Å². The lowest BCUT2D eigenvalue weighted by molar-refractivity contribution is 0.0945. The second-order valence-corrected chi connectivity index (χ2v) is 6.29. The normalized spacial score (nSPS) is 15.3. The highest BCUT2D eigenvalue weighted by atomic mass is 35.5. The Labute approximate surface area is 144 Å². The van der Waals surface area contributed by atoms with Crippen LogP contribution in [0, 0.1) is 11.7 Å². The Morgan fingerprint density at radius 2 is 1.83 bits per heavy atom. The van der Waals surface area contributed by atoms with E-state index in [0.717, 1.165) is 25.9 Å². The number of nitrogens with zero attached hydrogens (tertiary/aromatic N) is 3. The summed E-state index contributed by atoms with van der Waals surface area (Å²) >= 11 is 5.82. The largest absolute Gasteiger partial charge is 0.352 e. The molecule has 0 radical (unpaired) electrons. The smallest absolute Gasteiger partial charge is 0.251 e. The van der Waals surface area contributed by atoms with Gasteiger partial charge in [0.05, 0.1) is 12.4 Å². The highest BCUT2D eigenvalue weighted by molar-refractivity contribution is 6.30. The van der Waals surface area contributed by atoms with E-state index in [1.165, 1.54) is 12.4 Å². The molecule has 1 aromatic carbocycles. The zero-order valence-electron chi connectivity index (χ0n) is 13.1. The van der Waals surface area contributed by atoms with Gasteiger partial charge in [0.1, 0.15) is 0 Å². The van der Waals surface area contributed by atoms with Crippen LogP contribution >= 0.6 is 11.6 Å². The van der Waals surface area contributed by atoms with Crippen LogP contribution in [0.4, 0.5) is 10.3 Å². The fourth-order valence-corrected chi connectivity index (χ4v) is 2.87. The molecule has 0 spiro atoms. The van der Waals surface area contributed by atoms with E-state index in [0.29, 0.717) is 29.0 Å². The van der Waals surface area contributed by atoms with Crippen molar-refractivity contribution in [3.05, 3.63) is 53.1 Å². The Bertz CT molecular complexity index is 685.